The molecule has 26 heavy (non-hydrogen) atoms. The summed E-state index contributed by atoms with van der Waals surface area (Å²) in [5, 5.41) is 0. The standard InChI is InChI=1S/C18H16F3IN2O2/c1-24(12-6-4-11(22)5-7-12)17-13(8-14(19)15(20)16(17)21)18(25)23-26-9-10-2-3-10/h4-8,10H,2-3,9H2,1H3,(H,23,25). The summed E-state index contributed by atoms with van der Waals surface area (Å²) in [4.78, 5) is 18.7. The molecule has 3 rings (SSSR count). The minimum absolute atomic E-state index is 0.334. The van der Waals surface area contributed by atoms with Crippen molar-refractivity contribution >= 4 is 39.9 Å². The maximum Gasteiger partial charge on any atom is 0.277 e. The SMILES string of the molecule is CN(c1ccc(I)cc1)c1c(C(=O)NOCC2CC2)cc(F)c(F)c1F. The quantitative estimate of drug-likeness (QED) is 0.378. The van der Waals surface area contributed by atoms with Gasteiger partial charge in [0.25, 0.3) is 5.91 Å². The fourth-order valence-corrected chi connectivity index (χ4v) is 2.80. The van der Waals surface area contributed by atoms with Gasteiger partial charge in [-0.05, 0) is 71.7 Å². The van der Waals surface area contributed by atoms with Gasteiger partial charge in [0.15, 0.2) is 17.5 Å². The van der Waals surface area contributed by atoms with E-state index in [2.05, 4.69) is 28.1 Å². The van der Waals surface area contributed by atoms with Gasteiger partial charge in [-0.3, -0.25) is 9.63 Å². The monoisotopic (exact) mass is 476 g/mol. The summed E-state index contributed by atoms with van der Waals surface area (Å²) in [5.41, 5.74) is 1.98. The number of hydrogen-bond donors (Lipinski definition) is 1. The molecule has 0 bridgehead atoms. The number of carbonyl (C=O) groups is 1. The molecule has 1 aliphatic rings. The van der Waals surface area contributed by atoms with E-state index in [-0.39, 0.29) is 11.3 Å². The molecule has 1 amide bonds. The zero-order chi connectivity index (χ0) is 18.8. The second-order valence-electron chi connectivity index (χ2n) is 6.10. The number of carbonyl (C=O) groups excluding carboxylic acids is 1. The van der Waals surface area contributed by atoms with Gasteiger partial charge in [-0.2, -0.15) is 0 Å². The summed E-state index contributed by atoms with van der Waals surface area (Å²) in [5.74, 6) is -4.94. The van der Waals surface area contributed by atoms with Crippen LogP contribution in [0.3, 0.4) is 0 Å². The molecule has 8 heteroatoms. The molecule has 138 valence electrons. The lowest BCUT2D eigenvalue weighted by molar-refractivity contribution is 0.0270. The molecule has 0 heterocycles. The summed E-state index contributed by atoms with van der Waals surface area (Å²) < 4.78 is 42.9. The van der Waals surface area contributed by atoms with Crippen LogP contribution >= 0.6 is 22.6 Å². The number of nitrogens with zero attached hydrogens (tertiary/aromatic N) is 1. The van der Waals surface area contributed by atoms with Crippen molar-refractivity contribution in [1.29, 1.82) is 0 Å². The highest BCUT2D eigenvalue weighted by atomic mass is 127. The van der Waals surface area contributed by atoms with Crippen LogP contribution < -0.4 is 10.4 Å². The molecule has 0 saturated heterocycles. The van der Waals surface area contributed by atoms with Crippen LogP contribution in [0.15, 0.2) is 30.3 Å². The maximum atomic E-state index is 14.5. The van der Waals surface area contributed by atoms with Crippen molar-refractivity contribution in [3.05, 3.63) is 56.9 Å². The van der Waals surface area contributed by atoms with E-state index in [0.29, 0.717) is 24.3 Å². The Kier molecular flexibility index (Phi) is 5.71. The van der Waals surface area contributed by atoms with Gasteiger partial charge in [-0.25, -0.2) is 18.7 Å². The van der Waals surface area contributed by atoms with Gasteiger partial charge in [-0.1, -0.05) is 0 Å². The third-order valence-corrected chi connectivity index (χ3v) is 4.83. The normalized spacial score (nSPS) is 13.6. The molecule has 1 saturated carbocycles. The lowest BCUT2D eigenvalue weighted by Crippen LogP contribution is -2.28. The molecule has 2 aromatic rings. The van der Waals surface area contributed by atoms with Crippen molar-refractivity contribution in [3.8, 4) is 0 Å². The van der Waals surface area contributed by atoms with Gasteiger partial charge >= 0.3 is 0 Å². The number of hydrogen-bond acceptors (Lipinski definition) is 3. The molecule has 0 aliphatic heterocycles. The van der Waals surface area contributed by atoms with Gasteiger partial charge in [0.1, 0.15) is 0 Å². The second-order valence-corrected chi connectivity index (χ2v) is 7.35. The topological polar surface area (TPSA) is 41.6 Å². The minimum atomic E-state index is -1.63. The summed E-state index contributed by atoms with van der Waals surface area (Å²) in [7, 11) is 1.47. The van der Waals surface area contributed by atoms with E-state index in [1.807, 2.05) is 0 Å². The number of hydroxylamine groups is 1. The Morgan fingerprint density at radius 3 is 2.50 bits per heavy atom. The summed E-state index contributed by atoms with van der Waals surface area (Å²) in [6, 6.07) is 7.61. The van der Waals surface area contributed by atoms with Crippen LogP contribution in [0.4, 0.5) is 24.5 Å². The summed E-state index contributed by atoms with van der Waals surface area (Å²) in [6.07, 6.45) is 2.05. The lowest BCUT2D eigenvalue weighted by Gasteiger charge is -2.23. The van der Waals surface area contributed by atoms with Crippen molar-refractivity contribution in [2.45, 2.75) is 12.8 Å². The third-order valence-electron chi connectivity index (χ3n) is 4.11. The third kappa shape index (κ3) is 4.12. The zero-order valence-electron chi connectivity index (χ0n) is 13.9. The van der Waals surface area contributed by atoms with E-state index < -0.39 is 23.4 Å². The predicted molar refractivity (Wildman–Crippen MR) is 99.7 cm³/mol. The number of benzene rings is 2. The number of amides is 1. The molecule has 0 aromatic heterocycles. The van der Waals surface area contributed by atoms with Crippen molar-refractivity contribution in [1.82, 2.24) is 5.48 Å². The number of halogens is 4. The first-order valence-corrected chi connectivity index (χ1v) is 9.05. The number of nitrogens with one attached hydrogen (secondary N) is 1. The molecule has 0 spiro atoms. The second kappa shape index (κ2) is 7.83. The van der Waals surface area contributed by atoms with Crippen LogP contribution in [-0.4, -0.2) is 19.6 Å². The minimum Gasteiger partial charge on any atom is -0.341 e. The largest absolute Gasteiger partial charge is 0.341 e. The predicted octanol–water partition coefficient (Wildman–Crippen LogP) is 4.55. The Morgan fingerprint density at radius 2 is 1.88 bits per heavy atom. The molecule has 2 aromatic carbocycles. The fraction of sp³-hybridized carbons (Fsp3) is 0.278. The van der Waals surface area contributed by atoms with Crippen LogP contribution in [0, 0.1) is 26.9 Å². The van der Waals surface area contributed by atoms with E-state index >= 15 is 0 Å². The smallest absolute Gasteiger partial charge is 0.277 e. The first-order chi connectivity index (χ1) is 12.4. The van der Waals surface area contributed by atoms with Gasteiger partial charge in [-0.15, -0.1) is 0 Å². The molecule has 1 N–H and O–H groups in total. The summed E-state index contributed by atoms with van der Waals surface area (Å²) in [6.45, 7) is 0.334. The molecular formula is C18H16F3IN2O2. The van der Waals surface area contributed by atoms with Gasteiger partial charge in [0.2, 0.25) is 0 Å². The maximum absolute atomic E-state index is 14.5. The first kappa shape index (κ1) is 19.0. The fourth-order valence-electron chi connectivity index (χ4n) is 2.44. The Hall–Kier alpha value is -1.81. The molecule has 0 atom stereocenters. The van der Waals surface area contributed by atoms with Crippen molar-refractivity contribution in [2.24, 2.45) is 5.92 Å². The Balaban J connectivity index is 1.94. The molecule has 1 fully saturated rings. The van der Waals surface area contributed by atoms with E-state index in [9.17, 15) is 18.0 Å². The van der Waals surface area contributed by atoms with E-state index in [4.69, 9.17) is 4.84 Å². The highest BCUT2D eigenvalue weighted by molar-refractivity contribution is 14.1. The Bertz CT molecular complexity index is 826. The van der Waals surface area contributed by atoms with E-state index in [0.717, 1.165) is 16.4 Å². The zero-order valence-corrected chi connectivity index (χ0v) is 16.0. The molecule has 1 aliphatic carbocycles. The number of anilines is 2. The van der Waals surface area contributed by atoms with Crippen LogP contribution in [0.2, 0.25) is 0 Å². The average molecular weight is 476 g/mol. The molecule has 4 nitrogen and oxygen atoms in total. The summed E-state index contributed by atoms with van der Waals surface area (Å²) >= 11 is 2.11. The van der Waals surface area contributed by atoms with Crippen LogP contribution in [-0.2, 0) is 4.84 Å². The van der Waals surface area contributed by atoms with E-state index in [1.165, 1.54) is 11.9 Å². The van der Waals surface area contributed by atoms with Gasteiger partial charge in [0.05, 0.1) is 17.9 Å². The van der Waals surface area contributed by atoms with E-state index in [1.54, 1.807) is 24.3 Å². The Labute approximate surface area is 162 Å². The molecular weight excluding hydrogens is 460 g/mol. The van der Waals surface area contributed by atoms with Crippen LogP contribution in [0.1, 0.15) is 23.2 Å². The first-order valence-electron chi connectivity index (χ1n) is 7.97. The van der Waals surface area contributed by atoms with Crippen molar-refractivity contribution in [2.75, 3.05) is 18.6 Å². The Morgan fingerprint density at radius 1 is 1.23 bits per heavy atom. The highest BCUT2D eigenvalue weighted by Gasteiger charge is 2.27. The van der Waals surface area contributed by atoms with Crippen molar-refractivity contribution < 1.29 is 22.8 Å². The molecule has 0 unspecified atom stereocenters. The number of rotatable bonds is 6. The van der Waals surface area contributed by atoms with Crippen molar-refractivity contribution in [3.63, 3.8) is 0 Å². The van der Waals surface area contributed by atoms with Gasteiger partial charge in [0, 0.05) is 16.3 Å². The highest BCUT2D eigenvalue weighted by Crippen LogP contribution is 2.33. The van der Waals surface area contributed by atoms with Crippen LogP contribution in [0.5, 0.6) is 0 Å². The lowest BCUT2D eigenvalue weighted by atomic mass is 10.1. The molecule has 0 radical (unpaired) electrons. The average Bonchev–Trinajstić information content (AvgIpc) is 3.43. The van der Waals surface area contributed by atoms with Gasteiger partial charge < -0.3 is 4.90 Å². The van der Waals surface area contributed by atoms with Crippen LogP contribution in [0.25, 0.3) is 0 Å².